The van der Waals surface area contributed by atoms with Crippen LogP contribution in [0.15, 0.2) is 6.07 Å². The molecule has 0 aromatic carbocycles. The Balaban J connectivity index is 3.44. The SMILES string of the molecule is FC(F)c1nc(CBr)cc(C(F)(F)F)c1Cl. The fraction of sp³-hybridized carbons (Fsp3) is 0.375. The van der Waals surface area contributed by atoms with Crippen molar-refractivity contribution in [2.75, 3.05) is 0 Å². The number of alkyl halides is 6. The Kier molecular flexibility index (Phi) is 4.12. The molecule has 0 aliphatic heterocycles. The predicted octanol–water partition coefficient (Wildman–Crippen LogP) is 4.59. The van der Waals surface area contributed by atoms with E-state index in [0.29, 0.717) is 6.07 Å². The number of pyridine rings is 1. The Morgan fingerprint density at radius 2 is 1.94 bits per heavy atom. The van der Waals surface area contributed by atoms with Crippen molar-refractivity contribution in [2.24, 2.45) is 0 Å². The van der Waals surface area contributed by atoms with Gasteiger partial charge in [0.1, 0.15) is 5.69 Å². The molecular weight excluding hydrogens is 320 g/mol. The molecular formula is C8H4BrClF5N. The number of hydrogen-bond donors (Lipinski definition) is 0. The molecule has 0 spiro atoms. The highest BCUT2D eigenvalue weighted by atomic mass is 79.9. The molecule has 8 heteroatoms. The molecule has 1 nitrogen and oxygen atoms in total. The zero-order chi connectivity index (χ0) is 12.5. The third-order valence-corrected chi connectivity index (χ3v) is 2.66. The van der Waals surface area contributed by atoms with Crippen molar-refractivity contribution in [3.63, 3.8) is 0 Å². The number of nitrogens with zero attached hydrogens (tertiary/aromatic N) is 1. The van der Waals surface area contributed by atoms with Crippen LogP contribution in [0.5, 0.6) is 0 Å². The third kappa shape index (κ3) is 2.82. The summed E-state index contributed by atoms with van der Waals surface area (Å²) in [5, 5.41) is -1.11. The highest BCUT2D eigenvalue weighted by Crippen LogP contribution is 2.39. The maximum Gasteiger partial charge on any atom is 0.417 e. The molecule has 0 atom stereocenters. The number of halogens is 7. The Labute approximate surface area is 101 Å². The summed E-state index contributed by atoms with van der Waals surface area (Å²) in [6, 6.07) is 0.642. The van der Waals surface area contributed by atoms with Crippen molar-refractivity contribution in [1.29, 1.82) is 0 Å². The molecule has 1 aromatic heterocycles. The summed E-state index contributed by atoms with van der Waals surface area (Å²) in [6.07, 6.45) is -7.92. The molecule has 0 aliphatic carbocycles. The van der Waals surface area contributed by atoms with Gasteiger partial charge in [0.2, 0.25) is 0 Å². The Hall–Kier alpha value is -0.430. The van der Waals surface area contributed by atoms with Crippen LogP contribution in [0, 0.1) is 0 Å². The van der Waals surface area contributed by atoms with Gasteiger partial charge in [-0.3, -0.25) is 0 Å². The fourth-order valence-electron chi connectivity index (χ4n) is 1.02. The lowest BCUT2D eigenvalue weighted by atomic mass is 10.2. The fourth-order valence-corrected chi connectivity index (χ4v) is 1.60. The van der Waals surface area contributed by atoms with Crippen LogP contribution in [0.4, 0.5) is 22.0 Å². The molecule has 16 heavy (non-hydrogen) atoms. The Morgan fingerprint density at radius 3 is 2.31 bits per heavy atom. The van der Waals surface area contributed by atoms with Crippen molar-refractivity contribution in [2.45, 2.75) is 17.9 Å². The lowest BCUT2D eigenvalue weighted by Crippen LogP contribution is -2.10. The maximum atomic E-state index is 12.4. The smallest absolute Gasteiger partial charge is 0.249 e. The van der Waals surface area contributed by atoms with Crippen molar-refractivity contribution in [3.05, 3.63) is 28.0 Å². The van der Waals surface area contributed by atoms with Crippen LogP contribution in [-0.4, -0.2) is 4.98 Å². The van der Waals surface area contributed by atoms with E-state index in [9.17, 15) is 22.0 Å². The van der Waals surface area contributed by atoms with Crippen molar-refractivity contribution < 1.29 is 22.0 Å². The molecule has 0 bridgehead atoms. The zero-order valence-corrected chi connectivity index (χ0v) is 9.80. The normalized spacial score (nSPS) is 12.2. The second-order valence-electron chi connectivity index (χ2n) is 2.79. The third-order valence-electron chi connectivity index (χ3n) is 1.69. The van der Waals surface area contributed by atoms with E-state index in [4.69, 9.17) is 11.6 Å². The number of aromatic nitrogens is 1. The summed E-state index contributed by atoms with van der Waals surface area (Å²) in [7, 11) is 0. The molecule has 0 fully saturated rings. The van der Waals surface area contributed by atoms with Gasteiger partial charge in [-0.25, -0.2) is 13.8 Å². The van der Waals surface area contributed by atoms with Gasteiger partial charge >= 0.3 is 6.18 Å². The summed E-state index contributed by atoms with van der Waals surface area (Å²) in [5.74, 6) is 0. The van der Waals surface area contributed by atoms with Crippen molar-refractivity contribution >= 4 is 27.5 Å². The molecule has 1 rings (SSSR count). The van der Waals surface area contributed by atoms with Gasteiger partial charge in [0.05, 0.1) is 16.3 Å². The van der Waals surface area contributed by atoms with Crippen molar-refractivity contribution in [3.8, 4) is 0 Å². The van der Waals surface area contributed by atoms with Crippen LogP contribution in [0.25, 0.3) is 0 Å². The molecule has 0 amide bonds. The van der Waals surface area contributed by atoms with Crippen molar-refractivity contribution in [1.82, 2.24) is 4.98 Å². The zero-order valence-electron chi connectivity index (χ0n) is 7.45. The summed E-state index contributed by atoms with van der Waals surface area (Å²) >= 11 is 8.09. The molecule has 0 aliphatic rings. The quantitative estimate of drug-likeness (QED) is 0.573. The van der Waals surface area contributed by atoms with E-state index < -0.39 is 28.9 Å². The highest BCUT2D eigenvalue weighted by molar-refractivity contribution is 9.08. The molecule has 1 aromatic rings. The van der Waals surface area contributed by atoms with E-state index in [-0.39, 0.29) is 11.0 Å². The molecule has 1 heterocycles. The van der Waals surface area contributed by atoms with Crippen LogP contribution in [0.3, 0.4) is 0 Å². The summed E-state index contributed by atoms with van der Waals surface area (Å²) in [5.41, 5.74) is -2.49. The minimum atomic E-state index is -4.78. The molecule has 0 saturated heterocycles. The van der Waals surface area contributed by atoms with Gasteiger partial charge in [0.15, 0.2) is 0 Å². The van der Waals surface area contributed by atoms with E-state index in [2.05, 4.69) is 20.9 Å². The number of rotatable bonds is 2. The van der Waals surface area contributed by atoms with Gasteiger partial charge in [-0.05, 0) is 6.07 Å². The summed E-state index contributed by atoms with van der Waals surface area (Å²) in [6.45, 7) is 0. The highest BCUT2D eigenvalue weighted by Gasteiger charge is 2.36. The second-order valence-corrected chi connectivity index (χ2v) is 3.73. The average Bonchev–Trinajstić information content (AvgIpc) is 2.15. The van der Waals surface area contributed by atoms with Crippen LogP contribution in [-0.2, 0) is 11.5 Å². The van der Waals surface area contributed by atoms with Gasteiger partial charge in [0, 0.05) is 5.33 Å². The molecule has 0 N–H and O–H groups in total. The lowest BCUT2D eigenvalue weighted by molar-refractivity contribution is -0.137. The first-order chi connectivity index (χ1) is 7.27. The molecule has 0 unspecified atom stereocenters. The van der Waals surface area contributed by atoms with E-state index in [1.807, 2.05) is 0 Å². The Morgan fingerprint density at radius 1 is 1.38 bits per heavy atom. The first-order valence-electron chi connectivity index (χ1n) is 3.88. The van der Waals surface area contributed by atoms with E-state index in [1.165, 1.54) is 0 Å². The van der Waals surface area contributed by atoms with Crippen LogP contribution in [0.1, 0.15) is 23.4 Å². The molecule has 0 radical (unpaired) electrons. The topological polar surface area (TPSA) is 12.9 Å². The number of hydrogen-bond acceptors (Lipinski definition) is 1. The summed E-state index contributed by atoms with van der Waals surface area (Å²) in [4.78, 5) is 3.34. The Bertz CT molecular complexity index is 393. The van der Waals surface area contributed by atoms with Gasteiger partial charge in [-0.2, -0.15) is 13.2 Å². The largest absolute Gasteiger partial charge is 0.417 e. The minimum Gasteiger partial charge on any atom is -0.249 e. The standard InChI is InChI=1S/C8H4BrClF5N/c9-2-3-1-4(8(13,14)15)5(10)6(16-3)7(11)12/h1,7H,2H2. The van der Waals surface area contributed by atoms with Crippen LogP contribution in [0.2, 0.25) is 5.02 Å². The van der Waals surface area contributed by atoms with Crippen LogP contribution >= 0.6 is 27.5 Å². The second kappa shape index (κ2) is 4.83. The van der Waals surface area contributed by atoms with Gasteiger partial charge in [-0.1, -0.05) is 27.5 Å². The van der Waals surface area contributed by atoms with E-state index in [1.54, 1.807) is 0 Å². The van der Waals surface area contributed by atoms with Gasteiger partial charge in [-0.15, -0.1) is 0 Å². The van der Waals surface area contributed by atoms with Crippen LogP contribution < -0.4 is 0 Å². The van der Waals surface area contributed by atoms with E-state index in [0.717, 1.165) is 0 Å². The van der Waals surface area contributed by atoms with E-state index >= 15 is 0 Å². The monoisotopic (exact) mass is 323 g/mol. The predicted molar refractivity (Wildman–Crippen MR) is 51.8 cm³/mol. The lowest BCUT2D eigenvalue weighted by Gasteiger charge is -2.13. The molecule has 90 valence electrons. The van der Waals surface area contributed by atoms with Gasteiger partial charge < -0.3 is 0 Å². The first-order valence-corrected chi connectivity index (χ1v) is 5.38. The van der Waals surface area contributed by atoms with Gasteiger partial charge in [0.25, 0.3) is 6.43 Å². The maximum absolute atomic E-state index is 12.4. The molecule has 0 saturated carbocycles. The first kappa shape index (κ1) is 13.6. The minimum absolute atomic E-state index is 0.0625. The summed E-state index contributed by atoms with van der Waals surface area (Å²) < 4.78 is 62.1. The average molecular weight is 324 g/mol.